The monoisotopic (exact) mass is 292 g/mol. The van der Waals surface area contributed by atoms with Gasteiger partial charge >= 0.3 is 0 Å². The highest BCUT2D eigenvalue weighted by Gasteiger charge is 2.18. The molecule has 0 bridgehead atoms. The number of pyridine rings is 1. The molecule has 3 rings (SSSR count). The van der Waals surface area contributed by atoms with E-state index in [1.54, 1.807) is 7.11 Å². The first kappa shape index (κ1) is 11.0. The minimum Gasteiger partial charge on any atom is -0.496 e. The molecule has 0 spiro atoms. The molecule has 0 amide bonds. The molecule has 0 radical (unpaired) electrons. The predicted molar refractivity (Wildman–Crippen MR) is 71.4 cm³/mol. The molecule has 4 heteroatoms. The number of ether oxygens (including phenoxy) is 1. The second kappa shape index (κ2) is 4.27. The van der Waals surface area contributed by atoms with Crippen molar-refractivity contribution < 1.29 is 4.74 Å². The van der Waals surface area contributed by atoms with E-state index >= 15 is 0 Å². The van der Waals surface area contributed by atoms with Crippen molar-refractivity contribution >= 4 is 26.8 Å². The number of aromatic nitrogens is 1. The normalized spacial score (nSPS) is 14.7. The van der Waals surface area contributed by atoms with E-state index in [0.717, 1.165) is 46.3 Å². The highest BCUT2D eigenvalue weighted by atomic mass is 79.9. The number of rotatable bonds is 1. The molecule has 88 valence electrons. The Morgan fingerprint density at radius 3 is 3.12 bits per heavy atom. The summed E-state index contributed by atoms with van der Waals surface area (Å²) in [7, 11) is 1.73. The van der Waals surface area contributed by atoms with Crippen LogP contribution in [-0.2, 0) is 13.0 Å². The molecule has 1 N–H and O–H groups in total. The molecule has 17 heavy (non-hydrogen) atoms. The van der Waals surface area contributed by atoms with Gasteiger partial charge in [-0.05, 0) is 31.2 Å². The van der Waals surface area contributed by atoms with Gasteiger partial charge in [-0.1, -0.05) is 15.9 Å². The van der Waals surface area contributed by atoms with Crippen LogP contribution in [0.3, 0.4) is 0 Å². The van der Waals surface area contributed by atoms with Crippen LogP contribution in [0.15, 0.2) is 22.7 Å². The molecule has 0 unspecified atom stereocenters. The van der Waals surface area contributed by atoms with Crippen molar-refractivity contribution in [1.29, 1.82) is 0 Å². The van der Waals surface area contributed by atoms with Gasteiger partial charge in [0.2, 0.25) is 0 Å². The van der Waals surface area contributed by atoms with Gasteiger partial charge in [-0.3, -0.25) is 4.98 Å². The molecule has 0 atom stereocenters. The summed E-state index contributed by atoms with van der Waals surface area (Å²) in [5, 5.41) is 4.43. The lowest BCUT2D eigenvalue weighted by atomic mass is 10.0. The standard InChI is InChI=1S/C13H13BrN2O/c1-17-13-9-4-5-15-7-12(9)16-11-3-2-8(14)6-10(11)13/h2-3,6,15H,4-5,7H2,1H3. The molecule has 0 fully saturated rings. The molecule has 0 aliphatic carbocycles. The summed E-state index contributed by atoms with van der Waals surface area (Å²) < 4.78 is 6.65. The fourth-order valence-electron chi connectivity index (χ4n) is 2.35. The quantitative estimate of drug-likeness (QED) is 0.877. The first-order chi connectivity index (χ1) is 8.29. The van der Waals surface area contributed by atoms with Crippen molar-refractivity contribution in [2.75, 3.05) is 13.7 Å². The number of hydrogen-bond acceptors (Lipinski definition) is 3. The highest BCUT2D eigenvalue weighted by molar-refractivity contribution is 9.10. The fourth-order valence-corrected chi connectivity index (χ4v) is 2.71. The molecular weight excluding hydrogens is 280 g/mol. The van der Waals surface area contributed by atoms with Gasteiger partial charge in [0, 0.05) is 22.0 Å². The van der Waals surface area contributed by atoms with Crippen molar-refractivity contribution in [3.8, 4) is 5.75 Å². The Kier molecular flexibility index (Phi) is 2.76. The van der Waals surface area contributed by atoms with Crippen molar-refractivity contribution in [2.45, 2.75) is 13.0 Å². The van der Waals surface area contributed by atoms with Gasteiger partial charge in [-0.15, -0.1) is 0 Å². The van der Waals surface area contributed by atoms with Gasteiger partial charge in [-0.25, -0.2) is 0 Å². The predicted octanol–water partition coefficient (Wildman–Crippen LogP) is 2.65. The molecule has 1 aromatic carbocycles. The number of nitrogens with zero attached hydrogens (tertiary/aromatic N) is 1. The van der Waals surface area contributed by atoms with Gasteiger partial charge in [0.1, 0.15) is 5.75 Å². The number of halogens is 1. The van der Waals surface area contributed by atoms with E-state index in [-0.39, 0.29) is 0 Å². The van der Waals surface area contributed by atoms with Gasteiger partial charge in [0.15, 0.2) is 0 Å². The lowest BCUT2D eigenvalue weighted by molar-refractivity contribution is 0.410. The Morgan fingerprint density at radius 1 is 1.41 bits per heavy atom. The maximum atomic E-state index is 5.59. The van der Waals surface area contributed by atoms with Gasteiger partial charge < -0.3 is 10.1 Å². The number of nitrogens with one attached hydrogen (secondary N) is 1. The summed E-state index contributed by atoms with van der Waals surface area (Å²) >= 11 is 3.50. The van der Waals surface area contributed by atoms with E-state index in [0.29, 0.717) is 0 Å². The van der Waals surface area contributed by atoms with Crippen LogP contribution in [0.4, 0.5) is 0 Å². The summed E-state index contributed by atoms with van der Waals surface area (Å²) in [6, 6.07) is 6.11. The Bertz CT molecular complexity index is 583. The molecule has 2 heterocycles. The topological polar surface area (TPSA) is 34.1 Å². The first-order valence-corrected chi connectivity index (χ1v) is 6.44. The molecule has 0 saturated carbocycles. The molecule has 1 aromatic heterocycles. The maximum Gasteiger partial charge on any atom is 0.133 e. The third-order valence-corrected chi connectivity index (χ3v) is 3.62. The third-order valence-electron chi connectivity index (χ3n) is 3.13. The molecule has 1 aliphatic rings. The second-order valence-corrected chi connectivity index (χ2v) is 5.07. The lowest BCUT2D eigenvalue weighted by Gasteiger charge is -2.20. The SMILES string of the molecule is COc1c2c(nc3ccc(Br)cc13)CNCC2. The molecule has 2 aromatic rings. The van der Waals surface area contributed by atoms with Crippen LogP contribution in [0.2, 0.25) is 0 Å². The second-order valence-electron chi connectivity index (χ2n) is 4.16. The minimum atomic E-state index is 0.831. The summed E-state index contributed by atoms with van der Waals surface area (Å²) in [6.07, 6.45) is 0.980. The van der Waals surface area contributed by atoms with Crippen molar-refractivity contribution in [3.05, 3.63) is 33.9 Å². The number of fused-ring (bicyclic) bond motifs is 2. The molecule has 0 saturated heterocycles. The van der Waals surface area contributed by atoms with Crippen LogP contribution in [0.5, 0.6) is 5.75 Å². The minimum absolute atomic E-state index is 0.831. The summed E-state index contributed by atoms with van der Waals surface area (Å²) in [5.74, 6) is 0.979. The summed E-state index contributed by atoms with van der Waals surface area (Å²) in [6.45, 7) is 1.82. The van der Waals surface area contributed by atoms with Crippen molar-refractivity contribution in [2.24, 2.45) is 0 Å². The number of benzene rings is 1. The third kappa shape index (κ3) is 1.81. The van der Waals surface area contributed by atoms with Crippen LogP contribution in [-0.4, -0.2) is 18.6 Å². The average molecular weight is 293 g/mol. The van der Waals surface area contributed by atoms with Gasteiger partial charge in [0.05, 0.1) is 18.3 Å². The average Bonchev–Trinajstić information content (AvgIpc) is 2.36. The van der Waals surface area contributed by atoms with E-state index in [1.165, 1.54) is 5.56 Å². The van der Waals surface area contributed by atoms with E-state index in [4.69, 9.17) is 9.72 Å². The maximum absolute atomic E-state index is 5.59. The number of hydrogen-bond donors (Lipinski definition) is 1. The Morgan fingerprint density at radius 2 is 2.29 bits per heavy atom. The fraction of sp³-hybridized carbons (Fsp3) is 0.308. The first-order valence-electron chi connectivity index (χ1n) is 5.65. The Hall–Kier alpha value is -1.13. The largest absolute Gasteiger partial charge is 0.496 e. The van der Waals surface area contributed by atoms with Gasteiger partial charge in [-0.2, -0.15) is 0 Å². The van der Waals surface area contributed by atoms with Crippen LogP contribution in [0, 0.1) is 0 Å². The zero-order valence-corrected chi connectivity index (χ0v) is 11.2. The number of methoxy groups -OCH3 is 1. The zero-order chi connectivity index (χ0) is 11.8. The van der Waals surface area contributed by atoms with Crippen LogP contribution in [0.1, 0.15) is 11.3 Å². The zero-order valence-electron chi connectivity index (χ0n) is 9.59. The van der Waals surface area contributed by atoms with E-state index in [2.05, 4.69) is 27.3 Å². The van der Waals surface area contributed by atoms with E-state index in [9.17, 15) is 0 Å². The smallest absolute Gasteiger partial charge is 0.133 e. The van der Waals surface area contributed by atoms with E-state index < -0.39 is 0 Å². The molecular formula is C13H13BrN2O. The molecule has 1 aliphatic heterocycles. The van der Waals surface area contributed by atoms with Crippen LogP contribution < -0.4 is 10.1 Å². The van der Waals surface area contributed by atoms with Crippen LogP contribution in [0.25, 0.3) is 10.9 Å². The molecule has 3 nitrogen and oxygen atoms in total. The lowest BCUT2D eigenvalue weighted by Crippen LogP contribution is -2.25. The van der Waals surface area contributed by atoms with E-state index in [1.807, 2.05) is 12.1 Å². The van der Waals surface area contributed by atoms with Crippen molar-refractivity contribution in [1.82, 2.24) is 10.3 Å². The summed E-state index contributed by atoms with van der Waals surface area (Å²) in [5.41, 5.74) is 3.35. The Labute approximate surface area is 108 Å². The highest BCUT2D eigenvalue weighted by Crippen LogP contribution is 2.33. The summed E-state index contributed by atoms with van der Waals surface area (Å²) in [4.78, 5) is 4.70. The van der Waals surface area contributed by atoms with Gasteiger partial charge in [0.25, 0.3) is 0 Å². The van der Waals surface area contributed by atoms with Crippen molar-refractivity contribution in [3.63, 3.8) is 0 Å². The van der Waals surface area contributed by atoms with Crippen LogP contribution >= 0.6 is 15.9 Å². The Balaban J connectivity index is 2.35.